The van der Waals surface area contributed by atoms with Crippen LogP contribution in [-0.4, -0.2) is 18.0 Å². The van der Waals surface area contributed by atoms with Crippen molar-refractivity contribution in [3.8, 4) is 5.75 Å². The number of fused-ring (bicyclic) bond motifs is 5. The van der Waals surface area contributed by atoms with Gasteiger partial charge in [0, 0.05) is 11.8 Å². The third kappa shape index (κ3) is 1.57. The highest BCUT2D eigenvalue weighted by Gasteiger charge is 2.55. The van der Waals surface area contributed by atoms with E-state index in [4.69, 9.17) is 4.74 Å². The zero-order valence-electron chi connectivity index (χ0n) is 12.2. The molecule has 3 aliphatic carbocycles. The maximum Gasteiger partial charge on any atom is 0.171 e. The Kier molecular flexibility index (Phi) is 2.56. The average molecular weight is 282 g/mol. The smallest absolute Gasteiger partial charge is 0.171 e. The van der Waals surface area contributed by atoms with Gasteiger partial charge in [0.05, 0.1) is 12.7 Å². The van der Waals surface area contributed by atoms with Crippen LogP contribution in [0.25, 0.3) is 5.57 Å². The van der Waals surface area contributed by atoms with Gasteiger partial charge < -0.3 is 9.84 Å². The number of ether oxygens (including phenoxy) is 1. The molecule has 4 rings (SSSR count). The molecule has 0 aliphatic heterocycles. The molecule has 0 heterocycles. The Hall–Kier alpha value is -2.03. The molecule has 108 valence electrons. The summed E-state index contributed by atoms with van der Waals surface area (Å²) >= 11 is 0. The number of hydrogen-bond donors (Lipinski definition) is 1. The molecule has 21 heavy (non-hydrogen) atoms. The monoisotopic (exact) mass is 282 g/mol. The maximum absolute atomic E-state index is 12.8. The van der Waals surface area contributed by atoms with Crippen LogP contribution in [0.2, 0.25) is 0 Å². The number of methoxy groups -OCH3 is 1. The third-order valence-electron chi connectivity index (χ3n) is 5.29. The predicted molar refractivity (Wildman–Crippen MR) is 80.0 cm³/mol. The van der Waals surface area contributed by atoms with E-state index in [1.807, 2.05) is 25.1 Å². The molecule has 0 spiro atoms. The van der Waals surface area contributed by atoms with Gasteiger partial charge in [0.25, 0.3) is 0 Å². The molecule has 0 radical (unpaired) electrons. The lowest BCUT2D eigenvalue weighted by Crippen LogP contribution is -2.22. The number of allylic oxidation sites excluding steroid dienone is 4. The van der Waals surface area contributed by atoms with Crippen molar-refractivity contribution in [3.63, 3.8) is 0 Å². The molecular weight excluding hydrogens is 264 g/mol. The lowest BCUT2D eigenvalue weighted by Gasteiger charge is -2.19. The average Bonchev–Trinajstić information content (AvgIpc) is 3.15. The van der Waals surface area contributed by atoms with Crippen LogP contribution in [0.5, 0.6) is 5.75 Å². The molecule has 4 atom stereocenters. The van der Waals surface area contributed by atoms with E-state index in [-0.39, 0.29) is 17.6 Å². The molecule has 1 aromatic rings. The molecule has 1 saturated carbocycles. The highest BCUT2D eigenvalue weighted by Crippen LogP contribution is 2.57. The van der Waals surface area contributed by atoms with Gasteiger partial charge in [-0.25, -0.2) is 0 Å². The van der Waals surface area contributed by atoms with Gasteiger partial charge in [-0.15, -0.1) is 0 Å². The molecule has 2 unspecified atom stereocenters. The van der Waals surface area contributed by atoms with Crippen LogP contribution >= 0.6 is 0 Å². The minimum Gasteiger partial charge on any atom is -0.511 e. The summed E-state index contributed by atoms with van der Waals surface area (Å²) in [6.07, 6.45) is 5.32. The fourth-order valence-corrected chi connectivity index (χ4v) is 4.28. The normalized spacial score (nSPS) is 33.0. The van der Waals surface area contributed by atoms with E-state index in [1.165, 1.54) is 0 Å². The quantitative estimate of drug-likeness (QED) is 0.847. The minimum absolute atomic E-state index is 0.00639. The van der Waals surface area contributed by atoms with Crippen molar-refractivity contribution < 1.29 is 14.6 Å². The van der Waals surface area contributed by atoms with Gasteiger partial charge >= 0.3 is 0 Å². The Morgan fingerprint density at radius 1 is 1.19 bits per heavy atom. The summed E-state index contributed by atoms with van der Waals surface area (Å²) in [6.45, 7) is 1.96. The molecule has 1 fully saturated rings. The van der Waals surface area contributed by atoms with Crippen molar-refractivity contribution in [1.29, 1.82) is 0 Å². The van der Waals surface area contributed by atoms with Crippen LogP contribution in [0.4, 0.5) is 0 Å². The van der Waals surface area contributed by atoms with Crippen LogP contribution in [0.3, 0.4) is 0 Å². The largest absolute Gasteiger partial charge is 0.511 e. The maximum atomic E-state index is 12.8. The first-order valence-corrected chi connectivity index (χ1v) is 7.42. The second kappa shape index (κ2) is 4.23. The summed E-state index contributed by atoms with van der Waals surface area (Å²) in [6, 6.07) is 5.67. The summed E-state index contributed by atoms with van der Waals surface area (Å²) in [7, 11) is 1.61. The van der Waals surface area contributed by atoms with E-state index in [0.717, 1.165) is 17.5 Å². The Morgan fingerprint density at radius 3 is 2.57 bits per heavy atom. The van der Waals surface area contributed by atoms with Gasteiger partial charge in [-0.1, -0.05) is 18.2 Å². The second-order valence-corrected chi connectivity index (χ2v) is 6.31. The zero-order chi connectivity index (χ0) is 14.7. The minimum atomic E-state index is -0.0550. The molecule has 1 N–H and O–H groups in total. The number of Topliss-reactive ketones (excluding diaryl/α,β-unsaturated/α-hetero) is 1. The van der Waals surface area contributed by atoms with E-state index >= 15 is 0 Å². The van der Waals surface area contributed by atoms with Gasteiger partial charge in [-0.05, 0) is 48.4 Å². The Balaban J connectivity index is 1.84. The number of carbonyl (C=O) groups excluding carboxylic acids is 1. The van der Waals surface area contributed by atoms with Gasteiger partial charge in [-0.3, -0.25) is 4.79 Å². The summed E-state index contributed by atoms with van der Waals surface area (Å²) in [5, 5.41) is 10.7. The van der Waals surface area contributed by atoms with E-state index in [1.54, 1.807) is 7.11 Å². The van der Waals surface area contributed by atoms with E-state index in [2.05, 4.69) is 12.2 Å². The number of aliphatic hydroxyl groups excluding tert-OH is 1. The first-order chi connectivity index (χ1) is 10.1. The number of ketones is 1. The summed E-state index contributed by atoms with van der Waals surface area (Å²) in [4.78, 5) is 12.8. The van der Waals surface area contributed by atoms with Gasteiger partial charge in [-0.2, -0.15) is 0 Å². The van der Waals surface area contributed by atoms with Crippen molar-refractivity contribution in [2.45, 2.75) is 13.3 Å². The highest BCUT2D eigenvalue weighted by atomic mass is 16.5. The molecule has 0 saturated heterocycles. The Labute approximate surface area is 123 Å². The fourth-order valence-electron chi connectivity index (χ4n) is 4.28. The topological polar surface area (TPSA) is 46.5 Å². The van der Waals surface area contributed by atoms with Crippen LogP contribution in [-0.2, 0) is 4.79 Å². The molecule has 3 nitrogen and oxygen atoms in total. The van der Waals surface area contributed by atoms with Crippen molar-refractivity contribution in [1.82, 2.24) is 0 Å². The SMILES string of the molecule is COc1ccc(C)c(C2=C(O)C3C(C2=O)[C@H]2C=C[C@@H]3C2)c1. The third-order valence-corrected chi connectivity index (χ3v) is 5.29. The molecule has 0 aromatic heterocycles. The molecule has 3 aliphatic rings. The van der Waals surface area contributed by atoms with Crippen LogP contribution < -0.4 is 4.74 Å². The van der Waals surface area contributed by atoms with Crippen molar-refractivity contribution in [3.05, 3.63) is 47.2 Å². The molecule has 0 amide bonds. The number of hydrogen-bond acceptors (Lipinski definition) is 3. The summed E-state index contributed by atoms with van der Waals surface area (Å²) in [5.74, 6) is 1.67. The number of aliphatic hydroxyl groups is 1. The second-order valence-electron chi connectivity index (χ2n) is 6.31. The van der Waals surface area contributed by atoms with Crippen LogP contribution in [0.15, 0.2) is 36.1 Å². The first-order valence-electron chi connectivity index (χ1n) is 7.42. The highest BCUT2D eigenvalue weighted by molar-refractivity contribution is 6.25. The number of aryl methyl sites for hydroxylation is 1. The molecule has 1 aromatic carbocycles. The first kappa shape index (κ1) is 12.7. The van der Waals surface area contributed by atoms with Crippen molar-refractivity contribution >= 4 is 11.4 Å². The molecular formula is C18H18O3. The van der Waals surface area contributed by atoms with Crippen molar-refractivity contribution in [2.24, 2.45) is 23.7 Å². The van der Waals surface area contributed by atoms with Crippen LogP contribution in [0.1, 0.15) is 17.5 Å². The lowest BCUT2D eigenvalue weighted by atomic mass is 9.84. The molecule has 3 heteroatoms. The number of rotatable bonds is 2. The Bertz CT molecular complexity index is 698. The predicted octanol–water partition coefficient (Wildman–Crippen LogP) is 3.29. The number of benzene rings is 1. The summed E-state index contributed by atoms with van der Waals surface area (Å²) in [5.41, 5.74) is 2.32. The zero-order valence-corrected chi connectivity index (χ0v) is 12.2. The standard InChI is InChI=1S/C18H18O3/c1-9-3-6-12(21-2)8-13(9)16-17(19)14-10-4-5-11(7-10)15(14)18(16)20/h3-6,8,10-11,14-15,19H,7H2,1-2H3/t10-,11+,14?,15?/m1/s1. The molecule has 2 bridgehead atoms. The van der Waals surface area contributed by atoms with E-state index < -0.39 is 0 Å². The lowest BCUT2D eigenvalue weighted by molar-refractivity contribution is -0.118. The van der Waals surface area contributed by atoms with Gasteiger partial charge in [0.1, 0.15) is 11.5 Å². The van der Waals surface area contributed by atoms with Gasteiger partial charge in [0.2, 0.25) is 0 Å². The van der Waals surface area contributed by atoms with Crippen molar-refractivity contribution in [2.75, 3.05) is 7.11 Å². The summed E-state index contributed by atoms with van der Waals surface area (Å²) < 4.78 is 5.26. The van der Waals surface area contributed by atoms with E-state index in [9.17, 15) is 9.90 Å². The fraction of sp³-hybridized carbons (Fsp3) is 0.389. The Morgan fingerprint density at radius 2 is 1.90 bits per heavy atom. The number of carbonyl (C=O) groups is 1. The van der Waals surface area contributed by atoms with Gasteiger partial charge in [0.15, 0.2) is 5.78 Å². The van der Waals surface area contributed by atoms with E-state index in [0.29, 0.717) is 28.9 Å². The van der Waals surface area contributed by atoms with Crippen LogP contribution in [0, 0.1) is 30.6 Å².